The number of fused-ring (bicyclic) bond motifs is 1. The number of nitrogens with one attached hydrogen (secondary N) is 2. The Morgan fingerprint density at radius 3 is 2.50 bits per heavy atom. The summed E-state index contributed by atoms with van der Waals surface area (Å²) in [5.41, 5.74) is 2.22. The maximum atomic E-state index is 12.2. The molecule has 3 rings (SSSR count). The van der Waals surface area contributed by atoms with E-state index in [2.05, 4.69) is 10.3 Å². The Morgan fingerprint density at radius 1 is 1.08 bits per heavy atom. The molecule has 7 heteroatoms. The van der Waals surface area contributed by atoms with Crippen LogP contribution >= 0.6 is 0 Å². The number of aromatic nitrogens is 1. The molecule has 1 aliphatic rings. The van der Waals surface area contributed by atoms with E-state index in [1.165, 1.54) is 6.92 Å². The molecule has 7 nitrogen and oxygen atoms in total. The first-order chi connectivity index (χ1) is 12.5. The Kier molecular flexibility index (Phi) is 5.55. The standard InChI is InChI=1S/C19H24N4O3/c1-14(24)22-8-10-23(11-9-22)19(26)12-18(25)20-7-6-15-13-21-17-5-3-2-4-16(15)17/h2-5,13,21H,6-12H2,1H3,(H,20,25). The summed E-state index contributed by atoms with van der Waals surface area (Å²) in [6.45, 7) is 4.05. The molecule has 138 valence electrons. The van der Waals surface area contributed by atoms with E-state index in [4.69, 9.17) is 0 Å². The molecule has 0 radical (unpaired) electrons. The van der Waals surface area contributed by atoms with Crippen LogP contribution in [0.4, 0.5) is 0 Å². The van der Waals surface area contributed by atoms with Gasteiger partial charge in [-0.05, 0) is 18.1 Å². The van der Waals surface area contributed by atoms with Gasteiger partial charge in [0.25, 0.3) is 0 Å². The van der Waals surface area contributed by atoms with Crippen LogP contribution < -0.4 is 5.32 Å². The van der Waals surface area contributed by atoms with E-state index in [9.17, 15) is 14.4 Å². The third kappa shape index (κ3) is 4.22. The quantitative estimate of drug-likeness (QED) is 0.781. The second-order valence-corrected chi connectivity index (χ2v) is 6.52. The van der Waals surface area contributed by atoms with E-state index in [0.717, 1.165) is 16.5 Å². The molecule has 1 fully saturated rings. The summed E-state index contributed by atoms with van der Waals surface area (Å²) in [7, 11) is 0. The maximum absolute atomic E-state index is 12.2. The fourth-order valence-corrected chi connectivity index (χ4v) is 3.26. The predicted molar refractivity (Wildman–Crippen MR) is 98.5 cm³/mol. The summed E-state index contributed by atoms with van der Waals surface area (Å²) >= 11 is 0. The van der Waals surface area contributed by atoms with Gasteiger partial charge in [0.1, 0.15) is 6.42 Å². The second-order valence-electron chi connectivity index (χ2n) is 6.52. The van der Waals surface area contributed by atoms with Gasteiger partial charge in [-0.1, -0.05) is 18.2 Å². The topological polar surface area (TPSA) is 85.5 Å². The number of H-pyrrole nitrogens is 1. The number of amides is 3. The first kappa shape index (κ1) is 18.0. The molecule has 2 aromatic rings. The number of carbonyl (C=O) groups excluding carboxylic acids is 3. The highest BCUT2D eigenvalue weighted by atomic mass is 16.2. The van der Waals surface area contributed by atoms with Gasteiger partial charge in [0.05, 0.1) is 0 Å². The van der Waals surface area contributed by atoms with Crippen molar-refractivity contribution in [3.05, 3.63) is 36.0 Å². The van der Waals surface area contributed by atoms with Crippen LogP contribution in [0.5, 0.6) is 0 Å². The van der Waals surface area contributed by atoms with Crippen LogP contribution in [0.15, 0.2) is 30.5 Å². The van der Waals surface area contributed by atoms with Crippen molar-refractivity contribution in [3.8, 4) is 0 Å². The lowest BCUT2D eigenvalue weighted by Gasteiger charge is -2.34. The molecule has 0 bridgehead atoms. The first-order valence-electron chi connectivity index (χ1n) is 8.89. The average Bonchev–Trinajstić information content (AvgIpc) is 3.05. The molecular formula is C19H24N4O3. The predicted octanol–water partition coefficient (Wildman–Crippen LogP) is 0.907. The van der Waals surface area contributed by atoms with Crippen molar-refractivity contribution < 1.29 is 14.4 Å². The summed E-state index contributed by atoms with van der Waals surface area (Å²) in [6.07, 6.45) is 2.52. The van der Waals surface area contributed by atoms with Gasteiger partial charge in [0.15, 0.2) is 0 Å². The number of hydrogen-bond acceptors (Lipinski definition) is 3. The fraction of sp³-hybridized carbons (Fsp3) is 0.421. The third-order valence-electron chi connectivity index (χ3n) is 4.78. The van der Waals surface area contributed by atoms with E-state index in [0.29, 0.717) is 39.1 Å². The largest absolute Gasteiger partial charge is 0.361 e. The lowest BCUT2D eigenvalue weighted by atomic mass is 10.1. The van der Waals surface area contributed by atoms with Crippen LogP contribution in [-0.2, 0) is 20.8 Å². The highest BCUT2D eigenvalue weighted by Gasteiger charge is 2.23. The van der Waals surface area contributed by atoms with Gasteiger partial charge in [-0.25, -0.2) is 0 Å². The summed E-state index contributed by atoms with van der Waals surface area (Å²) in [5, 5.41) is 3.97. The van der Waals surface area contributed by atoms with Crippen LogP contribution in [-0.4, -0.2) is 65.2 Å². The van der Waals surface area contributed by atoms with Crippen molar-refractivity contribution in [2.45, 2.75) is 19.8 Å². The first-order valence-corrected chi connectivity index (χ1v) is 8.89. The lowest BCUT2D eigenvalue weighted by molar-refractivity contribution is -0.141. The molecule has 2 N–H and O–H groups in total. The number of nitrogens with zero attached hydrogens (tertiary/aromatic N) is 2. The number of carbonyl (C=O) groups is 3. The molecule has 0 atom stereocenters. The van der Waals surface area contributed by atoms with Gasteiger partial charge in [0.2, 0.25) is 17.7 Å². The van der Waals surface area contributed by atoms with Crippen molar-refractivity contribution >= 4 is 28.6 Å². The Balaban J connectivity index is 1.41. The van der Waals surface area contributed by atoms with Crippen LogP contribution in [0.3, 0.4) is 0 Å². The molecule has 0 spiro atoms. The summed E-state index contributed by atoms with van der Waals surface area (Å²) in [5.74, 6) is -0.422. The van der Waals surface area contributed by atoms with E-state index in [-0.39, 0.29) is 24.1 Å². The summed E-state index contributed by atoms with van der Waals surface area (Å²) in [4.78, 5) is 42.1. The molecule has 0 saturated carbocycles. The number of aromatic amines is 1. The Labute approximate surface area is 152 Å². The highest BCUT2D eigenvalue weighted by molar-refractivity contribution is 5.97. The third-order valence-corrected chi connectivity index (χ3v) is 4.78. The van der Waals surface area contributed by atoms with Gasteiger partial charge >= 0.3 is 0 Å². The molecular weight excluding hydrogens is 332 g/mol. The molecule has 0 unspecified atom stereocenters. The number of piperazine rings is 1. The van der Waals surface area contributed by atoms with E-state index in [1.54, 1.807) is 9.80 Å². The fourth-order valence-electron chi connectivity index (χ4n) is 3.26. The van der Waals surface area contributed by atoms with Crippen LogP contribution in [0, 0.1) is 0 Å². The lowest BCUT2D eigenvalue weighted by Crippen LogP contribution is -2.50. The Morgan fingerprint density at radius 2 is 1.77 bits per heavy atom. The van der Waals surface area contributed by atoms with Crippen molar-refractivity contribution in [2.75, 3.05) is 32.7 Å². The average molecular weight is 356 g/mol. The van der Waals surface area contributed by atoms with Crippen LogP contribution in [0.2, 0.25) is 0 Å². The Hall–Kier alpha value is -2.83. The van der Waals surface area contributed by atoms with E-state index in [1.807, 2.05) is 30.5 Å². The molecule has 0 aliphatic carbocycles. The number of para-hydroxylation sites is 1. The van der Waals surface area contributed by atoms with Gasteiger partial charge < -0.3 is 20.1 Å². The highest BCUT2D eigenvalue weighted by Crippen LogP contribution is 2.17. The maximum Gasteiger partial charge on any atom is 0.232 e. The van der Waals surface area contributed by atoms with Crippen LogP contribution in [0.25, 0.3) is 10.9 Å². The summed E-state index contributed by atoms with van der Waals surface area (Å²) < 4.78 is 0. The molecule has 26 heavy (non-hydrogen) atoms. The molecule has 1 aliphatic heterocycles. The van der Waals surface area contributed by atoms with E-state index >= 15 is 0 Å². The van der Waals surface area contributed by atoms with Crippen molar-refractivity contribution in [2.24, 2.45) is 0 Å². The molecule has 1 aromatic heterocycles. The molecule has 3 amide bonds. The number of rotatable bonds is 5. The zero-order chi connectivity index (χ0) is 18.5. The molecule has 2 heterocycles. The monoisotopic (exact) mass is 356 g/mol. The minimum atomic E-state index is -0.260. The van der Waals surface area contributed by atoms with Gasteiger partial charge in [0, 0.05) is 56.7 Å². The van der Waals surface area contributed by atoms with Gasteiger partial charge in [-0.15, -0.1) is 0 Å². The van der Waals surface area contributed by atoms with Crippen molar-refractivity contribution in [1.29, 1.82) is 0 Å². The van der Waals surface area contributed by atoms with Gasteiger partial charge in [-0.2, -0.15) is 0 Å². The van der Waals surface area contributed by atoms with Crippen molar-refractivity contribution in [3.63, 3.8) is 0 Å². The van der Waals surface area contributed by atoms with Crippen LogP contribution in [0.1, 0.15) is 18.9 Å². The van der Waals surface area contributed by atoms with Crippen molar-refractivity contribution in [1.82, 2.24) is 20.1 Å². The van der Waals surface area contributed by atoms with E-state index < -0.39 is 0 Å². The normalized spacial score (nSPS) is 14.5. The van der Waals surface area contributed by atoms with Gasteiger partial charge in [-0.3, -0.25) is 14.4 Å². The smallest absolute Gasteiger partial charge is 0.232 e. The molecule has 1 saturated heterocycles. The Bertz CT molecular complexity index is 806. The second kappa shape index (κ2) is 8.03. The minimum absolute atomic E-state index is 0.0205. The zero-order valence-corrected chi connectivity index (χ0v) is 15.0. The molecule has 1 aromatic carbocycles. The summed E-state index contributed by atoms with van der Waals surface area (Å²) in [6, 6.07) is 8.03. The number of benzene rings is 1. The SMILES string of the molecule is CC(=O)N1CCN(C(=O)CC(=O)NCCc2c[nH]c3ccccc23)CC1. The number of hydrogen-bond donors (Lipinski definition) is 2. The minimum Gasteiger partial charge on any atom is -0.361 e. The zero-order valence-electron chi connectivity index (χ0n) is 15.0.